The minimum absolute atomic E-state index is 0.655. The van der Waals surface area contributed by atoms with Crippen LogP contribution in [0.15, 0.2) is 72.0 Å². The van der Waals surface area contributed by atoms with Crippen LogP contribution in [0.25, 0.3) is 16.5 Å². The third-order valence-electron chi connectivity index (χ3n) is 3.42. The second-order valence-corrected chi connectivity index (χ2v) is 5.09. The molecule has 0 saturated carbocycles. The number of pyridine rings is 1. The fourth-order valence-corrected chi connectivity index (χ4v) is 2.57. The Bertz CT molecular complexity index is 815. The molecular weight excluding hydrogens is 282 g/mol. The van der Waals surface area contributed by atoms with Gasteiger partial charge in [0.2, 0.25) is 0 Å². The van der Waals surface area contributed by atoms with E-state index >= 15 is 0 Å². The summed E-state index contributed by atoms with van der Waals surface area (Å²) in [6.45, 7) is 3.97. The van der Waals surface area contributed by atoms with E-state index in [0.29, 0.717) is 5.03 Å². The second kappa shape index (κ2) is 5.58. The minimum Gasteiger partial charge on any atom is -0.496 e. The third-order valence-corrected chi connectivity index (χ3v) is 3.87. The summed E-state index contributed by atoms with van der Waals surface area (Å²) in [6, 6.07) is 7.88. The van der Waals surface area contributed by atoms with Crippen LogP contribution >= 0.6 is 11.6 Å². The van der Waals surface area contributed by atoms with Crippen LogP contribution in [0.2, 0.25) is 0 Å². The third kappa shape index (κ3) is 2.50. The fraction of sp³-hybridized carbons (Fsp3) is 0.0556. The zero-order valence-corrected chi connectivity index (χ0v) is 12.4. The van der Waals surface area contributed by atoms with Gasteiger partial charge >= 0.3 is 0 Å². The smallest absolute Gasteiger partial charge is 0.129 e. The zero-order chi connectivity index (χ0) is 14.8. The normalized spacial score (nSPS) is 14.7. The van der Waals surface area contributed by atoms with Crippen molar-refractivity contribution in [3.8, 4) is 5.75 Å². The van der Waals surface area contributed by atoms with Crippen LogP contribution in [0.5, 0.6) is 5.75 Å². The number of halogens is 1. The molecule has 0 aliphatic heterocycles. The highest BCUT2D eigenvalue weighted by molar-refractivity contribution is 6.36. The van der Waals surface area contributed by atoms with Gasteiger partial charge in [0, 0.05) is 17.2 Å². The molecule has 1 aliphatic carbocycles. The number of allylic oxidation sites excluding steroid dienone is 7. The molecule has 1 heterocycles. The SMILES string of the molecule is C=C1C=CC=CC(c2ccc3nccc(OC)c3c2)=C1Cl. The van der Waals surface area contributed by atoms with Crippen LogP contribution in [-0.2, 0) is 0 Å². The van der Waals surface area contributed by atoms with Crippen molar-refractivity contribution >= 4 is 28.1 Å². The van der Waals surface area contributed by atoms with Gasteiger partial charge in [0.25, 0.3) is 0 Å². The molecule has 2 aromatic rings. The summed E-state index contributed by atoms with van der Waals surface area (Å²) in [6.07, 6.45) is 9.52. The van der Waals surface area contributed by atoms with Crippen LogP contribution in [0, 0.1) is 0 Å². The first-order valence-electron chi connectivity index (χ1n) is 6.57. The van der Waals surface area contributed by atoms with Crippen molar-refractivity contribution in [3.63, 3.8) is 0 Å². The van der Waals surface area contributed by atoms with Crippen LogP contribution in [-0.4, -0.2) is 12.1 Å². The second-order valence-electron chi connectivity index (χ2n) is 4.72. The maximum absolute atomic E-state index is 6.43. The van der Waals surface area contributed by atoms with E-state index in [1.165, 1.54) is 0 Å². The summed E-state index contributed by atoms with van der Waals surface area (Å²) in [5.41, 5.74) is 3.65. The number of methoxy groups -OCH3 is 1. The van der Waals surface area contributed by atoms with Gasteiger partial charge in [0.15, 0.2) is 0 Å². The van der Waals surface area contributed by atoms with Gasteiger partial charge < -0.3 is 4.74 Å². The first kappa shape index (κ1) is 13.7. The van der Waals surface area contributed by atoms with Gasteiger partial charge in [-0.15, -0.1) is 0 Å². The molecule has 1 aromatic carbocycles. The predicted octanol–water partition coefficient (Wildman–Crippen LogP) is 4.88. The van der Waals surface area contributed by atoms with E-state index in [2.05, 4.69) is 11.6 Å². The Kier molecular flexibility index (Phi) is 3.63. The van der Waals surface area contributed by atoms with Crippen LogP contribution in [0.4, 0.5) is 0 Å². The lowest BCUT2D eigenvalue weighted by Crippen LogP contribution is -1.90. The van der Waals surface area contributed by atoms with Gasteiger partial charge in [-0.25, -0.2) is 0 Å². The van der Waals surface area contributed by atoms with Crippen molar-refractivity contribution in [2.24, 2.45) is 0 Å². The largest absolute Gasteiger partial charge is 0.496 e. The van der Waals surface area contributed by atoms with Gasteiger partial charge in [0.05, 0.1) is 17.7 Å². The molecule has 21 heavy (non-hydrogen) atoms. The Morgan fingerprint density at radius 1 is 1.14 bits per heavy atom. The Morgan fingerprint density at radius 2 is 1.95 bits per heavy atom. The predicted molar refractivity (Wildman–Crippen MR) is 88.5 cm³/mol. The van der Waals surface area contributed by atoms with Gasteiger partial charge in [-0.05, 0) is 29.3 Å². The average Bonchev–Trinajstić information content (AvgIpc) is 2.68. The summed E-state index contributed by atoms with van der Waals surface area (Å²) >= 11 is 6.43. The Balaban J connectivity index is 2.22. The molecule has 2 nitrogen and oxygen atoms in total. The van der Waals surface area contributed by atoms with Gasteiger partial charge in [-0.3, -0.25) is 4.98 Å². The van der Waals surface area contributed by atoms with Crippen molar-refractivity contribution in [2.45, 2.75) is 0 Å². The summed E-state index contributed by atoms with van der Waals surface area (Å²) in [7, 11) is 1.66. The molecule has 0 radical (unpaired) electrons. The topological polar surface area (TPSA) is 22.1 Å². The lowest BCUT2D eigenvalue weighted by atomic mass is 10.0. The van der Waals surface area contributed by atoms with Crippen molar-refractivity contribution < 1.29 is 4.74 Å². The first-order chi connectivity index (χ1) is 10.2. The lowest BCUT2D eigenvalue weighted by molar-refractivity contribution is 0.419. The number of hydrogen-bond acceptors (Lipinski definition) is 2. The standard InChI is InChI=1S/C18H14ClNO/c1-12-5-3-4-6-14(18(12)19)13-7-8-16-15(11-13)17(21-2)9-10-20-16/h3-11H,1H2,2H3. The number of ether oxygens (including phenoxy) is 1. The minimum atomic E-state index is 0.655. The maximum Gasteiger partial charge on any atom is 0.129 e. The van der Waals surface area contributed by atoms with E-state index in [1.807, 2.05) is 48.6 Å². The maximum atomic E-state index is 6.43. The molecule has 3 rings (SSSR count). The van der Waals surface area contributed by atoms with Gasteiger partial charge in [0.1, 0.15) is 5.75 Å². The molecule has 0 fully saturated rings. The number of nitrogens with zero attached hydrogens (tertiary/aromatic N) is 1. The Hall–Kier alpha value is -2.32. The van der Waals surface area contributed by atoms with E-state index < -0.39 is 0 Å². The van der Waals surface area contributed by atoms with Crippen molar-refractivity contribution in [1.29, 1.82) is 0 Å². The number of aromatic nitrogens is 1. The van der Waals surface area contributed by atoms with Crippen LogP contribution < -0.4 is 4.74 Å². The lowest BCUT2D eigenvalue weighted by Gasteiger charge is -2.09. The van der Waals surface area contributed by atoms with E-state index in [4.69, 9.17) is 16.3 Å². The first-order valence-corrected chi connectivity index (χ1v) is 6.95. The summed E-state index contributed by atoms with van der Waals surface area (Å²) in [4.78, 5) is 4.35. The molecule has 104 valence electrons. The summed E-state index contributed by atoms with van der Waals surface area (Å²) in [5.74, 6) is 0.799. The quantitative estimate of drug-likeness (QED) is 0.788. The molecular formula is C18H14ClNO. The number of hydrogen-bond donors (Lipinski definition) is 0. The monoisotopic (exact) mass is 295 g/mol. The average molecular weight is 296 g/mol. The van der Waals surface area contributed by atoms with Crippen molar-refractivity contribution in [2.75, 3.05) is 7.11 Å². The van der Waals surface area contributed by atoms with Gasteiger partial charge in [-0.2, -0.15) is 0 Å². The Morgan fingerprint density at radius 3 is 2.76 bits per heavy atom. The van der Waals surface area contributed by atoms with E-state index in [-0.39, 0.29) is 0 Å². The van der Waals surface area contributed by atoms with E-state index in [0.717, 1.165) is 33.4 Å². The highest BCUT2D eigenvalue weighted by Gasteiger charge is 2.11. The molecule has 0 amide bonds. The summed E-state index contributed by atoms with van der Waals surface area (Å²) < 4.78 is 5.41. The highest BCUT2D eigenvalue weighted by atomic mass is 35.5. The van der Waals surface area contributed by atoms with Crippen molar-refractivity contribution in [1.82, 2.24) is 4.98 Å². The highest BCUT2D eigenvalue weighted by Crippen LogP contribution is 2.33. The molecule has 3 heteroatoms. The fourth-order valence-electron chi connectivity index (χ4n) is 2.33. The molecule has 0 N–H and O–H groups in total. The molecule has 0 saturated heterocycles. The van der Waals surface area contributed by atoms with E-state index in [9.17, 15) is 0 Å². The van der Waals surface area contributed by atoms with Crippen molar-refractivity contribution in [3.05, 3.63) is 77.5 Å². The number of fused-ring (bicyclic) bond motifs is 1. The molecule has 0 bridgehead atoms. The molecule has 1 aromatic heterocycles. The molecule has 1 aliphatic rings. The van der Waals surface area contributed by atoms with Gasteiger partial charge in [-0.1, -0.05) is 48.6 Å². The molecule has 0 atom stereocenters. The number of benzene rings is 1. The van der Waals surface area contributed by atoms with Crippen LogP contribution in [0.1, 0.15) is 5.56 Å². The Labute approximate surface area is 128 Å². The van der Waals surface area contributed by atoms with Crippen LogP contribution in [0.3, 0.4) is 0 Å². The zero-order valence-electron chi connectivity index (χ0n) is 11.6. The van der Waals surface area contributed by atoms with E-state index in [1.54, 1.807) is 13.3 Å². The summed E-state index contributed by atoms with van der Waals surface area (Å²) in [5, 5.41) is 1.62. The molecule has 0 unspecified atom stereocenters. The molecule has 0 spiro atoms. The number of rotatable bonds is 2.